The highest BCUT2D eigenvalue weighted by Gasteiger charge is 2.35. The number of anilines is 1. The maximum absolute atomic E-state index is 14.1. The summed E-state index contributed by atoms with van der Waals surface area (Å²) in [6.45, 7) is 1.45. The third-order valence-corrected chi connectivity index (χ3v) is 8.34. The Morgan fingerprint density at radius 1 is 1.00 bits per heavy atom. The number of hydrogen-bond acceptors (Lipinski definition) is 7. The summed E-state index contributed by atoms with van der Waals surface area (Å²) in [6.07, 6.45) is 0. The third-order valence-electron chi connectivity index (χ3n) is 5.71. The summed E-state index contributed by atoms with van der Waals surface area (Å²) in [5.41, 5.74) is 0.570. The van der Waals surface area contributed by atoms with Crippen molar-refractivity contribution in [2.45, 2.75) is 11.8 Å². The van der Waals surface area contributed by atoms with Gasteiger partial charge in [0.05, 0.1) is 22.4 Å². The lowest BCUT2D eigenvalue weighted by molar-refractivity contribution is 0.101. The largest absolute Gasteiger partial charge is 0.497 e. The molecule has 0 N–H and O–H groups in total. The van der Waals surface area contributed by atoms with Crippen LogP contribution in [0, 0.1) is 12.7 Å². The minimum atomic E-state index is -4.54. The second kappa shape index (κ2) is 8.89. The van der Waals surface area contributed by atoms with Gasteiger partial charge in [0.25, 0.3) is 15.9 Å². The minimum absolute atomic E-state index is 0.0414. The highest BCUT2D eigenvalue weighted by Crippen LogP contribution is 2.38. The first-order chi connectivity index (χ1) is 17.2. The lowest BCUT2D eigenvalue weighted by Crippen LogP contribution is -2.37. The Morgan fingerprint density at radius 3 is 2.36 bits per heavy atom. The van der Waals surface area contributed by atoms with Crippen molar-refractivity contribution in [2.24, 2.45) is 0 Å². The Morgan fingerprint density at radius 2 is 1.69 bits per heavy atom. The number of fused-ring (bicyclic) bond motifs is 3. The Balaban J connectivity index is 1.83. The van der Waals surface area contributed by atoms with Gasteiger partial charge in [0.2, 0.25) is 0 Å². The number of ether oxygens (including phenoxy) is 1. The first kappa shape index (κ1) is 23.7. The van der Waals surface area contributed by atoms with Crippen LogP contribution in [0.15, 0.2) is 86.9 Å². The van der Waals surface area contributed by atoms with E-state index in [4.69, 9.17) is 9.15 Å². The van der Waals surface area contributed by atoms with E-state index in [1.165, 1.54) is 32.2 Å². The number of rotatable bonds is 5. The fraction of sp³-hybridized carbons (Fsp3) is 0.0769. The molecule has 1 aromatic heterocycles. The summed E-state index contributed by atoms with van der Waals surface area (Å²) >= 11 is 0.801. The van der Waals surface area contributed by atoms with Crippen LogP contribution < -0.4 is 14.0 Å². The van der Waals surface area contributed by atoms with Crippen molar-refractivity contribution in [3.05, 3.63) is 99.5 Å². The molecule has 182 valence electrons. The lowest BCUT2D eigenvalue weighted by Gasteiger charge is -2.25. The molecule has 0 aliphatic heterocycles. The summed E-state index contributed by atoms with van der Waals surface area (Å²) < 4.78 is 53.5. The summed E-state index contributed by atoms with van der Waals surface area (Å²) in [6, 6.07) is 17.4. The molecule has 0 unspecified atom stereocenters. The number of hydrogen-bond donors (Lipinski definition) is 0. The van der Waals surface area contributed by atoms with Gasteiger partial charge in [-0.3, -0.25) is 4.79 Å². The number of methoxy groups -OCH3 is 1. The monoisotopic (exact) mass is 523 g/mol. The van der Waals surface area contributed by atoms with Gasteiger partial charge in [-0.1, -0.05) is 35.6 Å². The van der Waals surface area contributed by atoms with Crippen molar-refractivity contribution >= 4 is 54.0 Å². The van der Waals surface area contributed by atoms with Crippen LogP contribution in [0.25, 0.3) is 21.1 Å². The summed E-state index contributed by atoms with van der Waals surface area (Å²) in [5.74, 6) is -0.943. The average Bonchev–Trinajstić information content (AvgIpc) is 3.24. The van der Waals surface area contributed by atoms with Crippen LogP contribution in [0.2, 0.25) is 0 Å². The van der Waals surface area contributed by atoms with Gasteiger partial charge in [0.1, 0.15) is 11.6 Å². The van der Waals surface area contributed by atoms with Crippen LogP contribution in [0.4, 0.5) is 10.1 Å². The fourth-order valence-electron chi connectivity index (χ4n) is 4.05. The van der Waals surface area contributed by atoms with Crippen molar-refractivity contribution in [1.29, 1.82) is 0 Å². The quantitative estimate of drug-likeness (QED) is 0.302. The molecule has 0 saturated carbocycles. The number of carbonyl (C=O) groups excluding carboxylic acids is 1. The molecule has 7 nitrogen and oxygen atoms in total. The van der Waals surface area contributed by atoms with Gasteiger partial charge >= 0.3 is 4.94 Å². The number of carbonyl (C=O) groups is 1. The third kappa shape index (κ3) is 3.94. The lowest BCUT2D eigenvalue weighted by atomic mass is 10.1. The molecule has 1 amide bonds. The number of sulfonamides is 1. The van der Waals surface area contributed by atoms with Crippen LogP contribution in [-0.4, -0.2) is 21.4 Å². The average molecular weight is 524 g/mol. The molecule has 5 aromatic rings. The fourth-order valence-corrected chi connectivity index (χ4v) is 6.40. The van der Waals surface area contributed by atoms with Crippen LogP contribution in [0.3, 0.4) is 0 Å². The normalized spacial score (nSPS) is 11.6. The number of aryl methyl sites for hydroxylation is 1. The molecular weight excluding hydrogens is 505 g/mol. The van der Waals surface area contributed by atoms with E-state index in [0.717, 1.165) is 29.5 Å². The van der Waals surface area contributed by atoms with Crippen LogP contribution in [-0.2, 0) is 10.0 Å². The Hall–Kier alpha value is -4.02. The molecule has 5 rings (SSSR count). The molecule has 10 heteroatoms. The molecule has 1 heterocycles. The predicted molar refractivity (Wildman–Crippen MR) is 136 cm³/mol. The van der Waals surface area contributed by atoms with E-state index in [2.05, 4.69) is 0 Å². The molecule has 0 bridgehead atoms. The van der Waals surface area contributed by atoms with Gasteiger partial charge in [-0.25, -0.2) is 17.6 Å². The highest BCUT2D eigenvalue weighted by molar-refractivity contribution is 7.93. The van der Waals surface area contributed by atoms with Crippen molar-refractivity contribution in [3.63, 3.8) is 0 Å². The maximum atomic E-state index is 14.1. The number of benzene rings is 4. The van der Waals surface area contributed by atoms with Gasteiger partial charge in [-0.15, -0.1) is 0 Å². The SMILES string of the molecule is COc1ccc(C(=O)N(c2cc3sc(=O)oc3c3ccccc23)S(=O)(=O)c2ccc(F)cc2C)cc1. The van der Waals surface area contributed by atoms with E-state index in [9.17, 15) is 22.4 Å². The second-order valence-corrected chi connectivity index (χ2v) is 10.7. The topological polar surface area (TPSA) is 93.9 Å². The standard InChI is InChI=1S/C26H18FNO6S2/c1-15-13-17(27)9-12-23(15)36(31,32)28(25(29)16-7-10-18(33-2)11-8-16)21-14-22-24(34-26(30)35-22)20-6-4-3-5-19(20)21/h3-14H,1-2H3. The highest BCUT2D eigenvalue weighted by atomic mass is 32.2. The maximum Gasteiger partial charge on any atom is 0.396 e. The van der Waals surface area contributed by atoms with Gasteiger partial charge in [0, 0.05) is 16.3 Å². The van der Waals surface area contributed by atoms with E-state index in [1.807, 2.05) is 0 Å². The molecule has 4 aromatic carbocycles. The second-order valence-electron chi connectivity index (χ2n) is 7.94. The van der Waals surface area contributed by atoms with Crippen molar-refractivity contribution < 1.29 is 26.8 Å². The molecule has 0 aliphatic rings. The Kier molecular flexibility index (Phi) is 5.85. The zero-order valence-electron chi connectivity index (χ0n) is 19.0. The van der Waals surface area contributed by atoms with Crippen molar-refractivity contribution in [2.75, 3.05) is 11.4 Å². The van der Waals surface area contributed by atoms with Crippen molar-refractivity contribution in [3.8, 4) is 5.75 Å². The van der Waals surface area contributed by atoms with E-state index in [-0.39, 0.29) is 21.7 Å². The van der Waals surface area contributed by atoms with E-state index in [0.29, 0.717) is 31.1 Å². The zero-order valence-corrected chi connectivity index (χ0v) is 20.7. The van der Waals surface area contributed by atoms with Crippen molar-refractivity contribution in [1.82, 2.24) is 0 Å². The summed E-state index contributed by atoms with van der Waals surface area (Å²) in [5, 5.41) is 0.860. The molecule has 0 atom stereocenters. The van der Waals surface area contributed by atoms with E-state index < -0.39 is 26.7 Å². The molecule has 0 fully saturated rings. The van der Waals surface area contributed by atoms with Gasteiger partial charge in [0.15, 0.2) is 5.58 Å². The van der Waals surface area contributed by atoms with Gasteiger partial charge in [-0.05, 0) is 61.0 Å². The van der Waals surface area contributed by atoms with Crippen LogP contribution in [0.1, 0.15) is 15.9 Å². The van der Waals surface area contributed by atoms with E-state index in [1.54, 1.807) is 36.4 Å². The van der Waals surface area contributed by atoms with Crippen LogP contribution in [0.5, 0.6) is 5.75 Å². The first-order valence-electron chi connectivity index (χ1n) is 10.7. The smallest absolute Gasteiger partial charge is 0.396 e. The first-order valence-corrected chi connectivity index (χ1v) is 12.9. The Labute approximate surface area is 209 Å². The van der Waals surface area contributed by atoms with Gasteiger partial charge < -0.3 is 9.15 Å². The van der Waals surface area contributed by atoms with Crippen LogP contribution >= 0.6 is 11.3 Å². The molecule has 0 saturated heterocycles. The number of nitrogens with zero attached hydrogens (tertiary/aromatic N) is 1. The molecule has 0 aliphatic carbocycles. The van der Waals surface area contributed by atoms with Gasteiger partial charge in [-0.2, -0.15) is 4.31 Å². The number of amides is 1. The minimum Gasteiger partial charge on any atom is -0.497 e. The molecular formula is C26H18FNO6S2. The Bertz CT molecular complexity index is 1810. The number of halogens is 1. The zero-order chi connectivity index (χ0) is 25.6. The summed E-state index contributed by atoms with van der Waals surface area (Å²) in [4.78, 5) is 25.1. The predicted octanol–water partition coefficient (Wildman–Crippen LogP) is 5.50. The molecule has 36 heavy (non-hydrogen) atoms. The summed E-state index contributed by atoms with van der Waals surface area (Å²) in [7, 11) is -3.06. The molecule has 0 radical (unpaired) electrons. The molecule has 0 spiro atoms. The van der Waals surface area contributed by atoms with E-state index >= 15 is 0 Å².